The van der Waals surface area contributed by atoms with E-state index in [0.717, 1.165) is 0 Å². The molecule has 1 aromatic carbocycles. The summed E-state index contributed by atoms with van der Waals surface area (Å²) in [5.74, 6) is 0. The van der Waals surface area contributed by atoms with Crippen LogP contribution in [0.4, 0.5) is 15.8 Å². The topological polar surface area (TPSA) is 55.2 Å². The van der Waals surface area contributed by atoms with Gasteiger partial charge in [0, 0.05) is 24.4 Å². The molecule has 6 heteroatoms. The Morgan fingerprint density at radius 1 is 1.47 bits per heavy atom. The van der Waals surface area contributed by atoms with Crippen LogP contribution >= 0.6 is 11.6 Å². The minimum absolute atomic E-state index is 0.0217. The van der Waals surface area contributed by atoms with Crippen LogP contribution in [0.2, 0.25) is 0 Å². The van der Waals surface area contributed by atoms with E-state index in [-0.39, 0.29) is 12.2 Å². The Morgan fingerprint density at radius 3 is 2.53 bits per heavy atom. The smallest absolute Gasteiger partial charge is 0.269 e. The first kappa shape index (κ1) is 11.7. The molecule has 0 spiro atoms. The first-order valence-corrected chi connectivity index (χ1v) is 4.75. The Hall–Kier alpha value is -1.36. The highest BCUT2D eigenvalue weighted by atomic mass is 35.5. The van der Waals surface area contributed by atoms with E-state index in [1.165, 1.54) is 12.1 Å². The average molecular weight is 233 g/mol. The first-order chi connectivity index (χ1) is 7.13. The lowest BCUT2D eigenvalue weighted by atomic mass is 10.3. The van der Waals surface area contributed by atoms with Crippen molar-refractivity contribution in [3.63, 3.8) is 0 Å². The third-order valence-corrected chi connectivity index (χ3v) is 2.04. The van der Waals surface area contributed by atoms with Crippen LogP contribution in [0.1, 0.15) is 0 Å². The molecule has 0 aromatic heterocycles. The van der Waals surface area contributed by atoms with Gasteiger partial charge in [-0.25, -0.2) is 4.39 Å². The summed E-state index contributed by atoms with van der Waals surface area (Å²) in [6.07, 6.45) is 0. The molecule has 0 fully saturated rings. The normalized spacial score (nSPS) is 12.1. The molecule has 1 atom stereocenters. The average Bonchev–Trinajstić information content (AvgIpc) is 2.26. The summed E-state index contributed by atoms with van der Waals surface area (Å²) < 4.78 is 12.0. The fourth-order valence-corrected chi connectivity index (χ4v) is 1.06. The number of nitrogens with zero attached hydrogens (tertiary/aromatic N) is 1. The van der Waals surface area contributed by atoms with Gasteiger partial charge in [0.2, 0.25) is 0 Å². The Bertz CT molecular complexity index is 331. The number of hydrogen-bond donors (Lipinski definition) is 1. The molecule has 0 heterocycles. The van der Waals surface area contributed by atoms with E-state index in [0.29, 0.717) is 5.69 Å². The molecule has 0 aliphatic heterocycles. The molecule has 0 saturated carbocycles. The lowest BCUT2D eigenvalue weighted by molar-refractivity contribution is -0.384. The third-order valence-electron chi connectivity index (χ3n) is 1.77. The SMILES string of the molecule is O=[N+]([O-])c1ccc(NCC(Cl)CF)cc1. The number of hydrogen-bond acceptors (Lipinski definition) is 3. The van der Waals surface area contributed by atoms with Crippen molar-refractivity contribution in [2.75, 3.05) is 18.5 Å². The van der Waals surface area contributed by atoms with Gasteiger partial charge in [0.1, 0.15) is 6.67 Å². The maximum absolute atomic E-state index is 12.0. The molecule has 0 amide bonds. The Kier molecular flexibility index (Phi) is 4.30. The number of nitro groups is 1. The largest absolute Gasteiger partial charge is 0.383 e. The lowest BCUT2D eigenvalue weighted by Gasteiger charge is -2.07. The summed E-state index contributed by atoms with van der Waals surface area (Å²) >= 11 is 5.55. The van der Waals surface area contributed by atoms with Gasteiger partial charge in [-0.05, 0) is 12.1 Å². The third kappa shape index (κ3) is 3.71. The number of nitro benzene ring substituents is 1. The van der Waals surface area contributed by atoms with Gasteiger partial charge in [0.25, 0.3) is 5.69 Å². The number of anilines is 1. The summed E-state index contributed by atoms with van der Waals surface area (Å²) in [7, 11) is 0. The van der Waals surface area contributed by atoms with Gasteiger partial charge < -0.3 is 5.32 Å². The van der Waals surface area contributed by atoms with Crippen molar-refractivity contribution in [1.82, 2.24) is 0 Å². The van der Waals surface area contributed by atoms with Gasteiger partial charge in [-0.2, -0.15) is 0 Å². The standard InChI is InChI=1S/C9H10ClFN2O2/c10-7(5-11)6-12-8-1-3-9(4-2-8)13(14)15/h1-4,7,12H,5-6H2. The van der Waals surface area contributed by atoms with Gasteiger partial charge in [0.15, 0.2) is 0 Å². The molecule has 4 nitrogen and oxygen atoms in total. The van der Waals surface area contributed by atoms with Crippen LogP contribution in [-0.2, 0) is 0 Å². The fourth-order valence-electron chi connectivity index (χ4n) is 0.984. The Balaban J connectivity index is 2.53. The van der Waals surface area contributed by atoms with E-state index in [1.54, 1.807) is 12.1 Å². The summed E-state index contributed by atoms with van der Waals surface area (Å²) in [5.41, 5.74) is 0.702. The number of benzene rings is 1. The zero-order chi connectivity index (χ0) is 11.3. The van der Waals surface area contributed by atoms with E-state index in [2.05, 4.69) is 5.32 Å². The number of nitrogens with one attached hydrogen (secondary N) is 1. The lowest BCUT2D eigenvalue weighted by Crippen LogP contribution is -2.15. The van der Waals surface area contributed by atoms with Crippen molar-refractivity contribution < 1.29 is 9.31 Å². The predicted molar refractivity (Wildman–Crippen MR) is 57.2 cm³/mol. The second-order valence-corrected chi connectivity index (χ2v) is 3.55. The van der Waals surface area contributed by atoms with Crippen molar-refractivity contribution in [3.8, 4) is 0 Å². The maximum Gasteiger partial charge on any atom is 0.269 e. The van der Waals surface area contributed by atoms with Crippen LogP contribution in [0.15, 0.2) is 24.3 Å². The highest BCUT2D eigenvalue weighted by Crippen LogP contribution is 2.15. The number of non-ortho nitro benzene ring substituents is 1. The van der Waals surface area contributed by atoms with Crippen LogP contribution in [0.3, 0.4) is 0 Å². The molecular formula is C9H10ClFN2O2. The zero-order valence-electron chi connectivity index (χ0n) is 7.82. The van der Waals surface area contributed by atoms with Crippen molar-refractivity contribution in [2.24, 2.45) is 0 Å². The first-order valence-electron chi connectivity index (χ1n) is 4.32. The Morgan fingerprint density at radius 2 is 2.07 bits per heavy atom. The van der Waals surface area contributed by atoms with E-state index in [4.69, 9.17) is 11.6 Å². The molecule has 1 aromatic rings. The van der Waals surface area contributed by atoms with Crippen molar-refractivity contribution >= 4 is 23.0 Å². The zero-order valence-corrected chi connectivity index (χ0v) is 8.58. The van der Waals surface area contributed by atoms with Gasteiger partial charge >= 0.3 is 0 Å². The highest BCUT2D eigenvalue weighted by Gasteiger charge is 2.05. The molecular weight excluding hydrogens is 223 g/mol. The van der Waals surface area contributed by atoms with Crippen LogP contribution in [0.5, 0.6) is 0 Å². The van der Waals surface area contributed by atoms with Gasteiger partial charge in [-0.15, -0.1) is 11.6 Å². The minimum Gasteiger partial charge on any atom is -0.383 e. The van der Waals surface area contributed by atoms with E-state index >= 15 is 0 Å². The second kappa shape index (κ2) is 5.50. The molecule has 1 unspecified atom stereocenters. The molecule has 0 aliphatic carbocycles. The van der Waals surface area contributed by atoms with E-state index in [1.807, 2.05) is 0 Å². The van der Waals surface area contributed by atoms with Crippen LogP contribution in [0, 0.1) is 10.1 Å². The molecule has 82 valence electrons. The van der Waals surface area contributed by atoms with Crippen LogP contribution in [-0.4, -0.2) is 23.5 Å². The monoisotopic (exact) mass is 232 g/mol. The number of halogens is 2. The second-order valence-electron chi connectivity index (χ2n) is 2.94. The summed E-state index contributed by atoms with van der Waals surface area (Å²) in [6.45, 7) is -0.322. The Labute approximate surface area is 91.2 Å². The van der Waals surface area contributed by atoms with Crippen molar-refractivity contribution in [1.29, 1.82) is 0 Å². The summed E-state index contributed by atoms with van der Waals surface area (Å²) in [5, 5.41) is 12.6. The highest BCUT2D eigenvalue weighted by molar-refractivity contribution is 6.21. The van der Waals surface area contributed by atoms with Crippen molar-refractivity contribution in [3.05, 3.63) is 34.4 Å². The van der Waals surface area contributed by atoms with Crippen LogP contribution < -0.4 is 5.32 Å². The fraction of sp³-hybridized carbons (Fsp3) is 0.333. The van der Waals surface area contributed by atoms with E-state index in [9.17, 15) is 14.5 Å². The molecule has 1 N–H and O–H groups in total. The van der Waals surface area contributed by atoms with Gasteiger partial charge in [-0.3, -0.25) is 10.1 Å². The summed E-state index contributed by atoms with van der Waals surface area (Å²) in [4.78, 5) is 9.86. The number of rotatable bonds is 5. The van der Waals surface area contributed by atoms with Gasteiger partial charge in [0.05, 0.1) is 10.3 Å². The summed E-state index contributed by atoms with van der Waals surface area (Å²) in [6, 6.07) is 5.86. The molecule has 15 heavy (non-hydrogen) atoms. The quantitative estimate of drug-likeness (QED) is 0.482. The minimum atomic E-state index is -0.610. The predicted octanol–water partition coefficient (Wildman–Crippen LogP) is 2.58. The molecule has 0 saturated heterocycles. The molecule has 1 rings (SSSR count). The maximum atomic E-state index is 12.0. The van der Waals surface area contributed by atoms with Crippen molar-refractivity contribution in [2.45, 2.75) is 5.38 Å². The molecule has 0 aliphatic rings. The van der Waals surface area contributed by atoms with Gasteiger partial charge in [-0.1, -0.05) is 0 Å². The van der Waals surface area contributed by atoms with E-state index < -0.39 is 17.0 Å². The van der Waals surface area contributed by atoms with Crippen LogP contribution in [0.25, 0.3) is 0 Å². The number of alkyl halides is 2. The molecule has 0 bridgehead atoms. The molecule has 0 radical (unpaired) electrons.